The highest BCUT2D eigenvalue weighted by molar-refractivity contribution is 5.95. The van der Waals surface area contributed by atoms with Crippen molar-refractivity contribution in [2.75, 3.05) is 6.54 Å². The van der Waals surface area contributed by atoms with E-state index in [4.69, 9.17) is 0 Å². The third-order valence-electron chi connectivity index (χ3n) is 8.65. The van der Waals surface area contributed by atoms with Crippen molar-refractivity contribution in [1.29, 1.82) is 0 Å². The third kappa shape index (κ3) is 4.57. The Hall–Kier alpha value is -4.15. The number of fused-ring (bicyclic) bond motifs is 3. The first-order chi connectivity index (χ1) is 19.5. The van der Waals surface area contributed by atoms with E-state index < -0.39 is 22.8 Å². The first kappa shape index (κ1) is 27.0. The van der Waals surface area contributed by atoms with Crippen molar-refractivity contribution in [2.24, 2.45) is 0 Å². The molecule has 0 radical (unpaired) electrons. The second-order valence-electron chi connectivity index (χ2n) is 10.9. The van der Waals surface area contributed by atoms with Crippen LogP contribution in [0.3, 0.4) is 0 Å². The molecule has 4 aromatic rings. The average molecular weight is 568 g/mol. The van der Waals surface area contributed by atoms with Crippen molar-refractivity contribution < 1.29 is 26.7 Å². The molecule has 1 aliphatic carbocycles. The van der Waals surface area contributed by atoms with Crippen molar-refractivity contribution in [2.45, 2.75) is 55.9 Å². The van der Waals surface area contributed by atoms with Crippen molar-refractivity contribution in [3.05, 3.63) is 100 Å². The van der Waals surface area contributed by atoms with E-state index in [1.54, 1.807) is 42.5 Å². The first-order valence-corrected chi connectivity index (χ1v) is 13.3. The molecule has 1 amide bonds. The molecule has 2 aliphatic rings. The average Bonchev–Trinajstić information content (AvgIpc) is 3.62. The van der Waals surface area contributed by atoms with Crippen LogP contribution < -0.4 is 0 Å². The summed E-state index contributed by atoms with van der Waals surface area (Å²) in [5.74, 6) is -0.135. The summed E-state index contributed by atoms with van der Waals surface area (Å²) in [4.78, 5) is 15.6. The maximum atomic E-state index is 14.9. The standard InChI is InChI=1S/C30H26F5N5O/c1-28(32,30(33,34)35)22-9-12-24-21(16-22)8-13-25-29(24,17-18-2-10-23(31)11-3-18)14-15-40(25)27(41)20-6-4-19(5-7-20)26-36-38-39-37-26/h2-7,9-12,16,25H,8,13-15,17H2,1H3,(H,36,37,38,39)/t25-,28?,29-/m1/s1. The highest BCUT2D eigenvalue weighted by Crippen LogP contribution is 2.51. The number of amides is 1. The fourth-order valence-electron chi connectivity index (χ4n) is 6.44. The van der Waals surface area contributed by atoms with Crippen LogP contribution in [0, 0.1) is 5.82 Å². The number of hydrogen-bond donors (Lipinski definition) is 1. The lowest BCUT2D eigenvalue weighted by Gasteiger charge is -2.44. The van der Waals surface area contributed by atoms with Gasteiger partial charge in [0.1, 0.15) is 5.82 Å². The van der Waals surface area contributed by atoms with E-state index in [1.807, 2.05) is 4.90 Å². The van der Waals surface area contributed by atoms with Crippen LogP contribution in [0.25, 0.3) is 11.4 Å². The number of tetrazole rings is 1. The molecule has 1 aromatic heterocycles. The SMILES string of the molecule is CC(F)(c1ccc2c(c1)CC[C@H]1N(C(=O)c3ccc(-c4nn[nH]n4)cc3)CC[C@@]21Cc1ccc(F)cc1)C(F)(F)F. The fraction of sp³-hybridized carbons (Fsp3) is 0.333. The topological polar surface area (TPSA) is 74.8 Å². The number of H-pyrrole nitrogens is 1. The molecule has 11 heteroatoms. The Labute approximate surface area is 232 Å². The van der Waals surface area contributed by atoms with E-state index in [2.05, 4.69) is 20.6 Å². The van der Waals surface area contributed by atoms with Gasteiger partial charge >= 0.3 is 6.18 Å². The highest BCUT2D eigenvalue weighted by Gasteiger charge is 2.55. The van der Waals surface area contributed by atoms with Crippen molar-refractivity contribution >= 4 is 5.91 Å². The lowest BCUT2D eigenvalue weighted by Crippen LogP contribution is -2.49. The second kappa shape index (κ2) is 9.74. The second-order valence-corrected chi connectivity index (χ2v) is 10.9. The fourth-order valence-corrected chi connectivity index (χ4v) is 6.44. The molecule has 1 N–H and O–H groups in total. The van der Waals surface area contributed by atoms with Crippen molar-refractivity contribution in [3.63, 3.8) is 0 Å². The number of carbonyl (C=O) groups excluding carboxylic acids is 1. The molecule has 1 unspecified atom stereocenters. The lowest BCUT2D eigenvalue weighted by molar-refractivity contribution is -0.228. The minimum absolute atomic E-state index is 0.163. The number of hydrogen-bond acceptors (Lipinski definition) is 4. The number of likely N-dealkylation sites (tertiary alicyclic amines) is 1. The zero-order valence-corrected chi connectivity index (χ0v) is 22.1. The minimum Gasteiger partial charge on any atom is -0.335 e. The molecule has 6 rings (SSSR count). The Morgan fingerprint density at radius 2 is 1.78 bits per heavy atom. The number of rotatable bonds is 5. The summed E-state index contributed by atoms with van der Waals surface area (Å²) in [5, 5.41) is 13.8. The predicted molar refractivity (Wildman–Crippen MR) is 140 cm³/mol. The van der Waals surface area contributed by atoms with E-state index in [-0.39, 0.29) is 17.8 Å². The van der Waals surface area contributed by atoms with Gasteiger partial charge in [-0.1, -0.05) is 42.5 Å². The summed E-state index contributed by atoms with van der Waals surface area (Å²) >= 11 is 0. The van der Waals surface area contributed by atoms with Crippen LogP contribution in [0.1, 0.15) is 52.4 Å². The molecule has 212 valence electrons. The molecular weight excluding hydrogens is 541 g/mol. The van der Waals surface area contributed by atoms with Gasteiger partial charge in [0.05, 0.1) is 0 Å². The van der Waals surface area contributed by atoms with Gasteiger partial charge < -0.3 is 4.90 Å². The molecule has 0 spiro atoms. The van der Waals surface area contributed by atoms with Gasteiger partial charge in [-0.25, -0.2) is 8.78 Å². The molecule has 3 aromatic carbocycles. The molecule has 1 aliphatic heterocycles. The quantitative estimate of drug-likeness (QED) is 0.296. The molecular formula is C30H26F5N5O. The van der Waals surface area contributed by atoms with E-state index in [1.165, 1.54) is 24.3 Å². The summed E-state index contributed by atoms with van der Waals surface area (Å²) < 4.78 is 69.1. The van der Waals surface area contributed by atoms with Gasteiger partial charge in [-0.3, -0.25) is 4.79 Å². The van der Waals surface area contributed by atoms with Gasteiger partial charge in [0.2, 0.25) is 11.5 Å². The Morgan fingerprint density at radius 3 is 2.44 bits per heavy atom. The molecule has 3 atom stereocenters. The zero-order chi connectivity index (χ0) is 29.0. The smallest absolute Gasteiger partial charge is 0.335 e. The Kier molecular flexibility index (Phi) is 6.43. The van der Waals surface area contributed by atoms with Crippen LogP contribution in [-0.2, 0) is 23.9 Å². The first-order valence-electron chi connectivity index (χ1n) is 13.3. The van der Waals surface area contributed by atoms with Gasteiger partial charge in [-0.2, -0.15) is 18.4 Å². The summed E-state index contributed by atoms with van der Waals surface area (Å²) in [5.41, 5.74) is -1.08. The van der Waals surface area contributed by atoms with Crippen LogP contribution in [-0.4, -0.2) is 50.2 Å². The largest absolute Gasteiger partial charge is 0.426 e. The number of alkyl halides is 4. The molecule has 0 saturated carbocycles. The maximum absolute atomic E-state index is 14.9. The Morgan fingerprint density at radius 1 is 1.05 bits per heavy atom. The number of nitrogens with one attached hydrogen (secondary N) is 1. The van der Waals surface area contributed by atoms with Crippen LogP contribution in [0.15, 0.2) is 66.7 Å². The summed E-state index contributed by atoms with van der Waals surface area (Å²) in [6.45, 7) is 0.969. The van der Waals surface area contributed by atoms with Crippen LogP contribution >= 0.6 is 0 Å². The Bertz CT molecular complexity index is 1570. The molecule has 1 saturated heterocycles. The number of aromatic nitrogens is 4. The summed E-state index contributed by atoms with van der Waals surface area (Å²) in [6.07, 6.45) is -3.15. The normalized spacial score (nSPS) is 21.7. The van der Waals surface area contributed by atoms with Crippen LogP contribution in [0.2, 0.25) is 0 Å². The third-order valence-corrected chi connectivity index (χ3v) is 8.65. The number of benzene rings is 3. The zero-order valence-electron chi connectivity index (χ0n) is 22.1. The van der Waals surface area contributed by atoms with Gasteiger partial charge in [-0.05, 0) is 84.3 Å². The van der Waals surface area contributed by atoms with Crippen molar-refractivity contribution in [3.8, 4) is 11.4 Å². The van der Waals surface area contributed by atoms with E-state index in [0.29, 0.717) is 61.7 Å². The summed E-state index contributed by atoms with van der Waals surface area (Å²) in [6, 6.07) is 16.9. The minimum atomic E-state index is -5.06. The lowest BCUT2D eigenvalue weighted by atomic mass is 9.63. The maximum Gasteiger partial charge on any atom is 0.426 e. The predicted octanol–water partition coefficient (Wildman–Crippen LogP) is 6.09. The molecule has 6 nitrogen and oxygen atoms in total. The number of aryl methyl sites for hydroxylation is 1. The molecule has 41 heavy (non-hydrogen) atoms. The summed E-state index contributed by atoms with van der Waals surface area (Å²) in [7, 11) is 0. The highest BCUT2D eigenvalue weighted by atomic mass is 19.4. The monoisotopic (exact) mass is 567 g/mol. The number of halogens is 5. The van der Waals surface area contributed by atoms with Gasteiger partial charge in [0.25, 0.3) is 5.91 Å². The number of nitrogens with zero attached hydrogens (tertiary/aromatic N) is 4. The van der Waals surface area contributed by atoms with E-state index in [9.17, 15) is 26.7 Å². The van der Waals surface area contributed by atoms with Gasteiger partial charge in [0.15, 0.2) is 0 Å². The van der Waals surface area contributed by atoms with E-state index in [0.717, 1.165) is 11.1 Å². The molecule has 1 fully saturated rings. The molecule has 0 bridgehead atoms. The van der Waals surface area contributed by atoms with Crippen LogP contribution in [0.5, 0.6) is 0 Å². The van der Waals surface area contributed by atoms with Crippen LogP contribution in [0.4, 0.5) is 22.0 Å². The number of carbonyl (C=O) groups is 1. The van der Waals surface area contributed by atoms with Gasteiger partial charge in [-0.15, -0.1) is 10.2 Å². The number of aromatic amines is 1. The molecule has 2 heterocycles. The van der Waals surface area contributed by atoms with E-state index >= 15 is 0 Å². The van der Waals surface area contributed by atoms with Gasteiger partial charge in [0, 0.05) is 29.1 Å². The van der Waals surface area contributed by atoms with Crippen molar-refractivity contribution in [1.82, 2.24) is 25.5 Å². The Balaban J connectivity index is 1.37.